The van der Waals surface area contributed by atoms with Gasteiger partial charge in [0.05, 0.1) is 17.4 Å². The largest absolute Gasteiger partial charge is 0.380 e. The molecule has 0 aliphatic heterocycles. The lowest BCUT2D eigenvalue weighted by Crippen LogP contribution is -2.14. The maximum absolute atomic E-state index is 13.6. The van der Waals surface area contributed by atoms with Crippen molar-refractivity contribution in [1.29, 1.82) is 0 Å². The first-order valence-electron chi connectivity index (χ1n) is 7.37. The van der Waals surface area contributed by atoms with Crippen molar-refractivity contribution in [2.45, 2.75) is 6.54 Å². The Morgan fingerprint density at radius 2 is 1.92 bits per heavy atom. The van der Waals surface area contributed by atoms with Crippen molar-refractivity contribution in [2.24, 2.45) is 0 Å². The number of aromatic nitrogens is 2. The molecule has 1 aromatic carbocycles. The Labute approximate surface area is 138 Å². The van der Waals surface area contributed by atoms with Crippen LogP contribution in [-0.2, 0) is 6.54 Å². The Hall–Kier alpha value is -3.28. The molecule has 5 nitrogen and oxygen atoms in total. The molecule has 0 saturated heterocycles. The summed E-state index contributed by atoms with van der Waals surface area (Å²) in [6.07, 6.45) is 5.11. The number of carbonyl (C=O) groups excluding carboxylic acids is 1. The Bertz CT molecular complexity index is 822. The van der Waals surface area contributed by atoms with Gasteiger partial charge in [0, 0.05) is 18.9 Å². The minimum atomic E-state index is -0.565. The Morgan fingerprint density at radius 1 is 1.04 bits per heavy atom. The first-order chi connectivity index (χ1) is 11.7. The fourth-order valence-corrected chi connectivity index (χ4v) is 2.11. The van der Waals surface area contributed by atoms with Crippen molar-refractivity contribution >= 4 is 17.4 Å². The fourth-order valence-electron chi connectivity index (χ4n) is 2.11. The van der Waals surface area contributed by atoms with Gasteiger partial charge in [0.25, 0.3) is 5.91 Å². The number of hydrogen-bond acceptors (Lipinski definition) is 4. The van der Waals surface area contributed by atoms with Crippen LogP contribution < -0.4 is 10.6 Å². The number of pyridine rings is 2. The molecule has 0 saturated carbocycles. The molecular formula is C18H15FN4O. The monoisotopic (exact) mass is 322 g/mol. The average molecular weight is 322 g/mol. The zero-order chi connectivity index (χ0) is 16.8. The maximum Gasteiger partial charge on any atom is 0.259 e. The topological polar surface area (TPSA) is 66.9 Å². The van der Waals surface area contributed by atoms with Crippen LogP contribution in [0.25, 0.3) is 0 Å². The molecule has 3 aromatic rings. The van der Waals surface area contributed by atoms with Gasteiger partial charge in [-0.2, -0.15) is 0 Å². The molecule has 2 heterocycles. The molecule has 0 aliphatic rings. The predicted molar refractivity (Wildman–Crippen MR) is 90.2 cm³/mol. The zero-order valence-corrected chi connectivity index (χ0v) is 12.7. The maximum atomic E-state index is 13.6. The highest BCUT2D eigenvalue weighted by Crippen LogP contribution is 2.13. The van der Waals surface area contributed by atoms with E-state index in [0.717, 1.165) is 11.3 Å². The lowest BCUT2D eigenvalue weighted by Gasteiger charge is -2.08. The lowest BCUT2D eigenvalue weighted by molar-refractivity contribution is 0.102. The van der Waals surface area contributed by atoms with Crippen LogP contribution in [0.2, 0.25) is 0 Å². The van der Waals surface area contributed by atoms with Gasteiger partial charge >= 0.3 is 0 Å². The van der Waals surface area contributed by atoms with Crippen molar-refractivity contribution in [1.82, 2.24) is 9.97 Å². The van der Waals surface area contributed by atoms with E-state index in [0.29, 0.717) is 12.4 Å². The standard InChI is InChI=1S/C18H15FN4O/c19-16-6-2-1-5-15(16)18(24)23-17-8-7-14(12-22-17)21-11-13-4-3-9-20-10-13/h1-10,12,21H,11H2,(H,22,23,24). The number of nitrogens with zero attached hydrogens (tertiary/aromatic N) is 2. The summed E-state index contributed by atoms with van der Waals surface area (Å²) in [5.41, 5.74) is 1.84. The van der Waals surface area contributed by atoms with Crippen LogP contribution in [0.4, 0.5) is 15.9 Å². The van der Waals surface area contributed by atoms with E-state index in [9.17, 15) is 9.18 Å². The highest BCUT2D eigenvalue weighted by Gasteiger charge is 2.11. The number of hydrogen-bond donors (Lipinski definition) is 2. The van der Waals surface area contributed by atoms with Crippen LogP contribution in [0.15, 0.2) is 67.1 Å². The van der Waals surface area contributed by atoms with E-state index in [1.165, 1.54) is 18.2 Å². The molecule has 0 spiro atoms. The molecule has 2 N–H and O–H groups in total. The molecular weight excluding hydrogens is 307 g/mol. The van der Waals surface area contributed by atoms with Crippen molar-refractivity contribution in [3.05, 3.63) is 84.1 Å². The van der Waals surface area contributed by atoms with Crippen molar-refractivity contribution in [3.8, 4) is 0 Å². The van der Waals surface area contributed by atoms with Gasteiger partial charge in [-0.1, -0.05) is 18.2 Å². The summed E-state index contributed by atoms with van der Waals surface area (Å²) in [6, 6.07) is 13.1. The molecule has 0 unspecified atom stereocenters. The summed E-state index contributed by atoms with van der Waals surface area (Å²) in [4.78, 5) is 20.2. The van der Waals surface area contributed by atoms with E-state index < -0.39 is 11.7 Å². The first kappa shape index (κ1) is 15.6. The molecule has 0 atom stereocenters. The molecule has 0 fully saturated rings. The molecule has 120 valence electrons. The van der Waals surface area contributed by atoms with Gasteiger partial charge in [-0.15, -0.1) is 0 Å². The van der Waals surface area contributed by atoms with Crippen molar-refractivity contribution < 1.29 is 9.18 Å². The van der Waals surface area contributed by atoms with E-state index in [-0.39, 0.29) is 5.56 Å². The van der Waals surface area contributed by atoms with Crippen LogP contribution in [0.3, 0.4) is 0 Å². The van der Waals surface area contributed by atoms with E-state index >= 15 is 0 Å². The van der Waals surface area contributed by atoms with E-state index in [1.807, 2.05) is 12.1 Å². The van der Waals surface area contributed by atoms with E-state index in [1.54, 1.807) is 36.8 Å². The van der Waals surface area contributed by atoms with Gasteiger partial charge in [0.1, 0.15) is 11.6 Å². The molecule has 3 rings (SSSR count). The molecule has 0 radical (unpaired) electrons. The molecule has 0 bridgehead atoms. The number of benzene rings is 1. The second kappa shape index (κ2) is 7.32. The number of carbonyl (C=O) groups is 1. The summed E-state index contributed by atoms with van der Waals surface area (Å²) < 4.78 is 13.6. The normalized spacial score (nSPS) is 10.2. The third-order valence-corrected chi connectivity index (χ3v) is 3.34. The third kappa shape index (κ3) is 3.92. The SMILES string of the molecule is O=C(Nc1ccc(NCc2cccnc2)cn1)c1ccccc1F. The lowest BCUT2D eigenvalue weighted by atomic mass is 10.2. The minimum Gasteiger partial charge on any atom is -0.380 e. The second-order valence-corrected chi connectivity index (χ2v) is 5.08. The number of rotatable bonds is 5. The Morgan fingerprint density at radius 3 is 2.62 bits per heavy atom. The molecule has 6 heteroatoms. The van der Waals surface area contributed by atoms with E-state index in [2.05, 4.69) is 20.6 Å². The highest BCUT2D eigenvalue weighted by molar-refractivity contribution is 6.03. The summed E-state index contributed by atoms with van der Waals surface area (Å²) >= 11 is 0. The van der Waals surface area contributed by atoms with Gasteiger partial charge < -0.3 is 10.6 Å². The summed E-state index contributed by atoms with van der Waals surface area (Å²) in [6.45, 7) is 0.621. The van der Waals surface area contributed by atoms with Gasteiger partial charge in [-0.25, -0.2) is 9.37 Å². The summed E-state index contributed by atoms with van der Waals surface area (Å²) in [7, 11) is 0. The van der Waals surface area contributed by atoms with Crippen LogP contribution in [0, 0.1) is 5.82 Å². The molecule has 0 aliphatic carbocycles. The van der Waals surface area contributed by atoms with Gasteiger partial charge in [-0.3, -0.25) is 9.78 Å². The summed E-state index contributed by atoms with van der Waals surface area (Å²) in [5, 5.41) is 5.78. The molecule has 1 amide bonds. The second-order valence-electron chi connectivity index (χ2n) is 5.08. The fraction of sp³-hybridized carbons (Fsp3) is 0.0556. The quantitative estimate of drug-likeness (QED) is 0.755. The highest BCUT2D eigenvalue weighted by atomic mass is 19.1. The first-order valence-corrected chi connectivity index (χ1v) is 7.37. The zero-order valence-electron chi connectivity index (χ0n) is 12.7. The molecule has 24 heavy (non-hydrogen) atoms. The van der Waals surface area contributed by atoms with Gasteiger partial charge in [0.15, 0.2) is 0 Å². The number of anilines is 2. The summed E-state index contributed by atoms with van der Waals surface area (Å²) in [5.74, 6) is -0.739. The third-order valence-electron chi connectivity index (χ3n) is 3.34. The average Bonchev–Trinajstić information content (AvgIpc) is 2.62. The van der Waals surface area contributed by atoms with Crippen LogP contribution >= 0.6 is 0 Å². The Kier molecular flexibility index (Phi) is 4.76. The van der Waals surface area contributed by atoms with Gasteiger partial charge in [-0.05, 0) is 35.9 Å². The van der Waals surface area contributed by atoms with Crippen LogP contribution in [0.5, 0.6) is 0 Å². The Balaban J connectivity index is 1.60. The van der Waals surface area contributed by atoms with Gasteiger partial charge in [0.2, 0.25) is 0 Å². The van der Waals surface area contributed by atoms with Crippen molar-refractivity contribution in [2.75, 3.05) is 10.6 Å². The number of amides is 1. The predicted octanol–water partition coefficient (Wildman–Crippen LogP) is 3.48. The van der Waals surface area contributed by atoms with Crippen LogP contribution in [-0.4, -0.2) is 15.9 Å². The molecule has 2 aromatic heterocycles. The number of nitrogens with one attached hydrogen (secondary N) is 2. The van der Waals surface area contributed by atoms with Crippen LogP contribution in [0.1, 0.15) is 15.9 Å². The van der Waals surface area contributed by atoms with E-state index in [4.69, 9.17) is 0 Å². The number of halogens is 1. The minimum absolute atomic E-state index is 0.0157. The smallest absolute Gasteiger partial charge is 0.259 e. The van der Waals surface area contributed by atoms with Crippen molar-refractivity contribution in [3.63, 3.8) is 0 Å².